The zero-order chi connectivity index (χ0) is 12.4. The average Bonchev–Trinajstić information content (AvgIpc) is 2.28. The van der Waals surface area contributed by atoms with Crippen LogP contribution in [0.15, 0.2) is 46.9 Å². The van der Waals surface area contributed by atoms with Gasteiger partial charge in [0.2, 0.25) is 0 Å². The zero-order valence-corrected chi connectivity index (χ0v) is 11.0. The molecule has 1 unspecified atom stereocenters. The van der Waals surface area contributed by atoms with E-state index in [2.05, 4.69) is 15.9 Å². The Balaban J connectivity index is 2.47. The summed E-state index contributed by atoms with van der Waals surface area (Å²) in [6.45, 7) is 1.99. The van der Waals surface area contributed by atoms with E-state index in [9.17, 15) is 4.39 Å². The zero-order valence-electron chi connectivity index (χ0n) is 9.45. The van der Waals surface area contributed by atoms with Crippen molar-refractivity contribution in [1.82, 2.24) is 0 Å². The van der Waals surface area contributed by atoms with E-state index in [1.807, 2.05) is 31.2 Å². The lowest BCUT2D eigenvalue weighted by molar-refractivity contribution is 0.598. The molecule has 2 aromatic carbocycles. The number of hydrogen-bond acceptors (Lipinski definition) is 1. The molecule has 0 aliphatic carbocycles. The van der Waals surface area contributed by atoms with Crippen LogP contribution in [0.5, 0.6) is 0 Å². The minimum atomic E-state index is -0.453. The van der Waals surface area contributed by atoms with E-state index >= 15 is 0 Å². The van der Waals surface area contributed by atoms with E-state index in [1.165, 1.54) is 6.07 Å². The summed E-state index contributed by atoms with van der Waals surface area (Å²) < 4.78 is 14.5. The molecule has 0 aromatic heterocycles. The molecule has 0 radical (unpaired) electrons. The summed E-state index contributed by atoms with van der Waals surface area (Å²) in [7, 11) is 0. The molecule has 0 bridgehead atoms. The quantitative estimate of drug-likeness (QED) is 0.892. The molecule has 2 N–H and O–H groups in total. The number of nitrogens with two attached hydrogens (primary N) is 1. The Morgan fingerprint density at radius 1 is 1.18 bits per heavy atom. The Bertz CT molecular complexity index is 519. The first-order valence-electron chi connectivity index (χ1n) is 5.35. The van der Waals surface area contributed by atoms with E-state index in [4.69, 9.17) is 5.73 Å². The van der Waals surface area contributed by atoms with Gasteiger partial charge in [-0.25, -0.2) is 4.39 Å². The predicted octanol–water partition coefficient (Wildman–Crippen LogP) is 3.94. The summed E-state index contributed by atoms with van der Waals surface area (Å²) in [5.41, 5.74) is 8.64. The third-order valence-electron chi connectivity index (χ3n) is 2.71. The summed E-state index contributed by atoms with van der Waals surface area (Å²) in [4.78, 5) is 0. The fourth-order valence-corrected chi connectivity index (χ4v) is 2.43. The van der Waals surface area contributed by atoms with Gasteiger partial charge in [0.05, 0.1) is 6.04 Å². The number of rotatable bonds is 2. The van der Waals surface area contributed by atoms with E-state index in [0.29, 0.717) is 10.0 Å². The van der Waals surface area contributed by atoms with Crippen LogP contribution in [0.3, 0.4) is 0 Å². The van der Waals surface area contributed by atoms with Crippen LogP contribution in [-0.4, -0.2) is 0 Å². The minimum Gasteiger partial charge on any atom is -0.320 e. The van der Waals surface area contributed by atoms with Crippen molar-refractivity contribution in [3.05, 3.63) is 69.4 Å². The fourth-order valence-electron chi connectivity index (χ4n) is 1.84. The normalized spacial score (nSPS) is 12.5. The topological polar surface area (TPSA) is 26.0 Å². The summed E-state index contributed by atoms with van der Waals surface area (Å²) in [6.07, 6.45) is 0. The highest BCUT2D eigenvalue weighted by molar-refractivity contribution is 9.10. The molecule has 0 amide bonds. The van der Waals surface area contributed by atoms with Crippen LogP contribution >= 0.6 is 15.9 Å². The SMILES string of the molecule is Cc1cccc(C(N)c2c(F)cccc2Br)c1. The second-order valence-electron chi connectivity index (χ2n) is 4.03. The van der Waals surface area contributed by atoms with E-state index in [1.54, 1.807) is 12.1 Å². The van der Waals surface area contributed by atoms with Gasteiger partial charge < -0.3 is 5.73 Å². The molecule has 1 nitrogen and oxygen atoms in total. The first-order chi connectivity index (χ1) is 8.09. The summed E-state index contributed by atoms with van der Waals surface area (Å²) in [5.74, 6) is -0.284. The maximum atomic E-state index is 13.8. The van der Waals surface area contributed by atoms with Crippen molar-refractivity contribution in [3.63, 3.8) is 0 Å². The minimum absolute atomic E-state index is 0.284. The first-order valence-corrected chi connectivity index (χ1v) is 6.15. The Hall–Kier alpha value is -1.19. The smallest absolute Gasteiger partial charge is 0.129 e. The number of benzene rings is 2. The Kier molecular flexibility index (Phi) is 3.60. The van der Waals surface area contributed by atoms with Crippen LogP contribution in [0.4, 0.5) is 4.39 Å². The third-order valence-corrected chi connectivity index (χ3v) is 3.40. The molecule has 0 aliphatic heterocycles. The van der Waals surface area contributed by atoms with Crippen LogP contribution in [0.1, 0.15) is 22.7 Å². The molecule has 0 aliphatic rings. The third kappa shape index (κ3) is 2.56. The second-order valence-corrected chi connectivity index (χ2v) is 4.88. The monoisotopic (exact) mass is 293 g/mol. The van der Waals surface area contributed by atoms with Crippen LogP contribution in [-0.2, 0) is 0 Å². The summed E-state index contributed by atoms with van der Waals surface area (Å²) in [6, 6.07) is 12.2. The van der Waals surface area contributed by atoms with Crippen molar-refractivity contribution < 1.29 is 4.39 Å². The van der Waals surface area contributed by atoms with Crippen molar-refractivity contribution in [3.8, 4) is 0 Å². The lowest BCUT2D eigenvalue weighted by Crippen LogP contribution is -2.14. The predicted molar refractivity (Wildman–Crippen MR) is 71.3 cm³/mol. The van der Waals surface area contributed by atoms with E-state index in [-0.39, 0.29) is 5.82 Å². The first kappa shape index (κ1) is 12.3. The van der Waals surface area contributed by atoms with Crippen LogP contribution in [0.2, 0.25) is 0 Å². The lowest BCUT2D eigenvalue weighted by Gasteiger charge is -2.15. The van der Waals surface area contributed by atoms with Gasteiger partial charge in [0.25, 0.3) is 0 Å². The van der Waals surface area contributed by atoms with Crippen molar-refractivity contribution in [1.29, 1.82) is 0 Å². The van der Waals surface area contributed by atoms with Gasteiger partial charge in [-0.3, -0.25) is 0 Å². The second kappa shape index (κ2) is 4.98. The van der Waals surface area contributed by atoms with Crippen LogP contribution < -0.4 is 5.73 Å². The van der Waals surface area contributed by atoms with Crippen molar-refractivity contribution in [2.24, 2.45) is 5.73 Å². The van der Waals surface area contributed by atoms with Gasteiger partial charge >= 0.3 is 0 Å². The fraction of sp³-hybridized carbons (Fsp3) is 0.143. The number of hydrogen-bond donors (Lipinski definition) is 1. The van der Waals surface area contributed by atoms with Gasteiger partial charge in [-0.1, -0.05) is 51.8 Å². The standard InChI is InChI=1S/C14H13BrFN/c1-9-4-2-5-10(8-9)14(17)13-11(15)6-3-7-12(13)16/h2-8,14H,17H2,1H3. The van der Waals surface area contributed by atoms with Crippen molar-refractivity contribution >= 4 is 15.9 Å². The van der Waals surface area contributed by atoms with Crippen LogP contribution in [0, 0.1) is 12.7 Å². The molecule has 1 atom stereocenters. The molecular formula is C14H13BrFN. The van der Waals surface area contributed by atoms with Gasteiger partial charge in [-0.2, -0.15) is 0 Å². The van der Waals surface area contributed by atoms with Gasteiger partial charge in [-0.05, 0) is 24.6 Å². The molecule has 0 spiro atoms. The molecule has 2 aromatic rings. The molecule has 0 saturated carbocycles. The maximum Gasteiger partial charge on any atom is 0.129 e. The largest absolute Gasteiger partial charge is 0.320 e. The Morgan fingerprint density at radius 2 is 1.88 bits per heavy atom. The van der Waals surface area contributed by atoms with Crippen LogP contribution in [0.25, 0.3) is 0 Å². The Morgan fingerprint density at radius 3 is 2.53 bits per heavy atom. The molecule has 88 valence electrons. The van der Waals surface area contributed by atoms with Crippen molar-refractivity contribution in [2.45, 2.75) is 13.0 Å². The maximum absolute atomic E-state index is 13.8. The highest BCUT2D eigenvalue weighted by Crippen LogP contribution is 2.29. The number of halogens is 2. The Labute approximate surface area is 109 Å². The summed E-state index contributed by atoms with van der Waals surface area (Å²) >= 11 is 3.34. The molecule has 3 heteroatoms. The molecular weight excluding hydrogens is 281 g/mol. The molecule has 0 saturated heterocycles. The van der Waals surface area contributed by atoms with Gasteiger partial charge in [0.1, 0.15) is 5.82 Å². The molecule has 0 heterocycles. The number of aryl methyl sites for hydroxylation is 1. The van der Waals surface area contributed by atoms with E-state index in [0.717, 1.165) is 11.1 Å². The lowest BCUT2D eigenvalue weighted by atomic mass is 9.98. The van der Waals surface area contributed by atoms with E-state index < -0.39 is 6.04 Å². The van der Waals surface area contributed by atoms with Crippen molar-refractivity contribution in [2.75, 3.05) is 0 Å². The molecule has 17 heavy (non-hydrogen) atoms. The summed E-state index contributed by atoms with van der Waals surface area (Å²) in [5, 5.41) is 0. The van der Waals surface area contributed by atoms with Gasteiger partial charge in [0.15, 0.2) is 0 Å². The van der Waals surface area contributed by atoms with Gasteiger partial charge in [-0.15, -0.1) is 0 Å². The average molecular weight is 294 g/mol. The van der Waals surface area contributed by atoms with Gasteiger partial charge in [0, 0.05) is 10.0 Å². The molecule has 0 fully saturated rings. The highest BCUT2D eigenvalue weighted by Gasteiger charge is 2.16. The highest BCUT2D eigenvalue weighted by atomic mass is 79.9. The molecule has 2 rings (SSSR count).